The number of hydrogen-bond acceptors (Lipinski definition) is 2. The third kappa shape index (κ3) is 3.63. The number of amides is 1. The van der Waals surface area contributed by atoms with Crippen molar-refractivity contribution in [3.05, 3.63) is 35.9 Å². The summed E-state index contributed by atoms with van der Waals surface area (Å²) in [5.74, 6) is -1.15. The first kappa shape index (κ1) is 15.5. The van der Waals surface area contributed by atoms with Gasteiger partial charge in [0.2, 0.25) is 5.91 Å². The van der Waals surface area contributed by atoms with Crippen LogP contribution in [0, 0.1) is 5.41 Å². The third-order valence-electron chi connectivity index (χ3n) is 4.56. The lowest BCUT2D eigenvalue weighted by atomic mass is 9.74. The van der Waals surface area contributed by atoms with Crippen LogP contribution in [0.5, 0.6) is 0 Å². The summed E-state index contributed by atoms with van der Waals surface area (Å²) in [6, 6.07) is 9.54. The lowest BCUT2D eigenvalue weighted by molar-refractivity contribution is -0.151. The molecule has 0 saturated heterocycles. The molecule has 1 unspecified atom stereocenters. The van der Waals surface area contributed by atoms with Crippen molar-refractivity contribution in [1.29, 1.82) is 0 Å². The van der Waals surface area contributed by atoms with Gasteiger partial charge in [0.25, 0.3) is 0 Å². The topological polar surface area (TPSA) is 66.4 Å². The highest BCUT2D eigenvalue weighted by Crippen LogP contribution is 2.36. The number of rotatable bonds is 5. The Labute approximate surface area is 125 Å². The summed E-state index contributed by atoms with van der Waals surface area (Å²) >= 11 is 0. The van der Waals surface area contributed by atoms with Gasteiger partial charge in [0.1, 0.15) is 0 Å². The van der Waals surface area contributed by atoms with Crippen molar-refractivity contribution in [1.82, 2.24) is 5.32 Å². The maximum atomic E-state index is 12.2. The van der Waals surface area contributed by atoms with E-state index in [-0.39, 0.29) is 18.4 Å². The predicted molar refractivity (Wildman–Crippen MR) is 81.0 cm³/mol. The largest absolute Gasteiger partial charge is 0.481 e. The Morgan fingerprint density at radius 3 is 2.38 bits per heavy atom. The number of benzene rings is 1. The Balaban J connectivity index is 1.97. The van der Waals surface area contributed by atoms with Gasteiger partial charge < -0.3 is 10.4 Å². The van der Waals surface area contributed by atoms with E-state index in [0.717, 1.165) is 24.8 Å². The van der Waals surface area contributed by atoms with Crippen molar-refractivity contribution in [3.8, 4) is 0 Å². The summed E-state index contributed by atoms with van der Waals surface area (Å²) < 4.78 is 0. The number of hydrogen-bond donors (Lipinski definition) is 2. The van der Waals surface area contributed by atoms with Crippen molar-refractivity contribution in [2.45, 2.75) is 44.9 Å². The Bertz CT molecular complexity index is 492. The average Bonchev–Trinajstić information content (AvgIpc) is 2.53. The minimum atomic E-state index is -0.783. The van der Waals surface area contributed by atoms with E-state index in [1.165, 1.54) is 0 Å². The Morgan fingerprint density at radius 1 is 1.19 bits per heavy atom. The highest BCUT2D eigenvalue weighted by atomic mass is 16.4. The molecular weight excluding hydrogens is 266 g/mol. The molecule has 0 radical (unpaired) electrons. The molecule has 1 aromatic carbocycles. The predicted octanol–water partition coefficient (Wildman–Crippen LogP) is 2.94. The zero-order valence-corrected chi connectivity index (χ0v) is 12.5. The molecule has 2 N–H and O–H groups in total. The summed E-state index contributed by atoms with van der Waals surface area (Å²) in [5, 5.41) is 12.4. The zero-order chi connectivity index (χ0) is 15.3. The molecule has 1 aliphatic rings. The Kier molecular flexibility index (Phi) is 4.99. The molecule has 4 heteroatoms. The molecule has 1 saturated carbocycles. The molecule has 1 atom stereocenters. The Morgan fingerprint density at radius 2 is 1.81 bits per heavy atom. The van der Waals surface area contributed by atoms with E-state index in [1.807, 2.05) is 37.3 Å². The van der Waals surface area contributed by atoms with E-state index >= 15 is 0 Å². The number of nitrogens with one attached hydrogen (secondary N) is 1. The van der Waals surface area contributed by atoms with Crippen LogP contribution in [0.2, 0.25) is 0 Å². The molecule has 1 fully saturated rings. The molecule has 0 aliphatic heterocycles. The molecule has 21 heavy (non-hydrogen) atoms. The van der Waals surface area contributed by atoms with E-state index < -0.39 is 11.4 Å². The van der Waals surface area contributed by atoms with Crippen molar-refractivity contribution < 1.29 is 14.7 Å². The number of carboxylic acid groups (broad SMARTS) is 1. The summed E-state index contributed by atoms with van der Waals surface area (Å²) in [7, 11) is 0. The molecule has 1 aliphatic carbocycles. The first-order chi connectivity index (χ1) is 10.1. The van der Waals surface area contributed by atoms with Crippen molar-refractivity contribution >= 4 is 11.9 Å². The monoisotopic (exact) mass is 289 g/mol. The van der Waals surface area contributed by atoms with Gasteiger partial charge in [-0.2, -0.15) is 0 Å². The van der Waals surface area contributed by atoms with Gasteiger partial charge in [0.05, 0.1) is 11.3 Å². The second kappa shape index (κ2) is 6.74. The van der Waals surface area contributed by atoms with Crippen molar-refractivity contribution in [2.24, 2.45) is 5.41 Å². The van der Waals surface area contributed by atoms with Crippen LogP contribution >= 0.6 is 0 Å². The second-order valence-corrected chi connectivity index (χ2v) is 6.00. The van der Waals surface area contributed by atoms with E-state index in [9.17, 15) is 14.7 Å². The molecule has 0 bridgehead atoms. The third-order valence-corrected chi connectivity index (χ3v) is 4.56. The van der Waals surface area contributed by atoms with E-state index in [0.29, 0.717) is 12.8 Å². The first-order valence-electron chi connectivity index (χ1n) is 7.61. The highest BCUT2D eigenvalue weighted by Gasteiger charge is 2.40. The fourth-order valence-electron chi connectivity index (χ4n) is 3.00. The van der Waals surface area contributed by atoms with Crippen LogP contribution in [-0.4, -0.2) is 23.5 Å². The normalized spacial score (nSPS) is 18.7. The summed E-state index contributed by atoms with van der Waals surface area (Å²) in [5.41, 5.74) is 0.174. The maximum Gasteiger partial charge on any atom is 0.311 e. The van der Waals surface area contributed by atoms with Crippen LogP contribution in [0.15, 0.2) is 30.3 Å². The zero-order valence-electron chi connectivity index (χ0n) is 12.5. The number of aliphatic carboxylic acids is 1. The van der Waals surface area contributed by atoms with Crippen LogP contribution in [-0.2, 0) is 9.59 Å². The van der Waals surface area contributed by atoms with Gasteiger partial charge in [-0.3, -0.25) is 9.59 Å². The van der Waals surface area contributed by atoms with Gasteiger partial charge in [-0.1, -0.05) is 49.6 Å². The Hall–Kier alpha value is -1.84. The molecule has 1 amide bonds. The quantitative estimate of drug-likeness (QED) is 0.875. The molecule has 1 aromatic rings. The van der Waals surface area contributed by atoms with E-state index in [2.05, 4.69) is 5.32 Å². The smallest absolute Gasteiger partial charge is 0.311 e. The van der Waals surface area contributed by atoms with Crippen LogP contribution in [0.1, 0.15) is 50.5 Å². The van der Waals surface area contributed by atoms with Crippen molar-refractivity contribution in [3.63, 3.8) is 0 Å². The molecule has 0 aromatic heterocycles. The average molecular weight is 289 g/mol. The number of carbonyl (C=O) groups excluding carboxylic acids is 1. The summed E-state index contributed by atoms with van der Waals surface area (Å²) in [4.78, 5) is 23.8. The molecule has 0 heterocycles. The molecule has 0 spiro atoms. The molecule has 2 rings (SSSR count). The van der Waals surface area contributed by atoms with Gasteiger partial charge in [-0.15, -0.1) is 0 Å². The van der Waals surface area contributed by atoms with Gasteiger partial charge in [0, 0.05) is 6.54 Å². The van der Waals surface area contributed by atoms with Gasteiger partial charge in [-0.05, 0) is 25.3 Å². The molecule has 4 nitrogen and oxygen atoms in total. The highest BCUT2D eigenvalue weighted by molar-refractivity contribution is 5.84. The SMILES string of the molecule is CC(C(=O)NCC1(C(=O)O)CCCCC1)c1ccccc1. The fourth-order valence-corrected chi connectivity index (χ4v) is 3.00. The van der Waals surface area contributed by atoms with Crippen molar-refractivity contribution in [2.75, 3.05) is 6.54 Å². The summed E-state index contributed by atoms with van der Waals surface area (Å²) in [6.45, 7) is 2.08. The van der Waals surface area contributed by atoms with Crippen LogP contribution in [0.4, 0.5) is 0 Å². The lowest BCUT2D eigenvalue weighted by Crippen LogP contribution is -2.45. The van der Waals surface area contributed by atoms with E-state index in [4.69, 9.17) is 0 Å². The number of carboxylic acids is 1. The minimum absolute atomic E-state index is 0.104. The fraction of sp³-hybridized carbons (Fsp3) is 0.529. The van der Waals surface area contributed by atoms with E-state index in [1.54, 1.807) is 0 Å². The van der Waals surface area contributed by atoms with Gasteiger partial charge in [-0.25, -0.2) is 0 Å². The first-order valence-corrected chi connectivity index (χ1v) is 7.61. The standard InChI is InChI=1S/C17H23NO3/c1-13(14-8-4-2-5-9-14)15(19)18-12-17(16(20)21)10-6-3-7-11-17/h2,4-5,8-9,13H,3,6-7,10-12H2,1H3,(H,18,19)(H,20,21). The minimum Gasteiger partial charge on any atom is -0.481 e. The molecular formula is C17H23NO3. The van der Waals surface area contributed by atoms with Crippen LogP contribution in [0.3, 0.4) is 0 Å². The van der Waals surface area contributed by atoms with Crippen LogP contribution in [0.25, 0.3) is 0 Å². The summed E-state index contributed by atoms with van der Waals surface area (Å²) in [6.07, 6.45) is 4.25. The lowest BCUT2D eigenvalue weighted by Gasteiger charge is -2.33. The van der Waals surface area contributed by atoms with Gasteiger partial charge in [0.15, 0.2) is 0 Å². The maximum absolute atomic E-state index is 12.2. The van der Waals surface area contributed by atoms with Crippen LogP contribution < -0.4 is 5.32 Å². The van der Waals surface area contributed by atoms with Gasteiger partial charge >= 0.3 is 5.97 Å². The number of carbonyl (C=O) groups is 2. The second-order valence-electron chi connectivity index (χ2n) is 6.00. The molecule has 114 valence electrons.